The van der Waals surface area contributed by atoms with Crippen LogP contribution in [0.4, 0.5) is 5.82 Å². The molecule has 0 saturated carbocycles. The van der Waals surface area contributed by atoms with E-state index >= 15 is 0 Å². The van der Waals surface area contributed by atoms with E-state index in [-0.39, 0.29) is 11.2 Å². The molecule has 0 aliphatic carbocycles. The van der Waals surface area contributed by atoms with Gasteiger partial charge in [-0.3, -0.25) is 9.48 Å². The van der Waals surface area contributed by atoms with E-state index in [2.05, 4.69) is 15.4 Å². The smallest absolute Gasteiger partial charge is 0.239 e. The Morgan fingerprint density at radius 3 is 2.92 bits per heavy atom. The van der Waals surface area contributed by atoms with E-state index in [4.69, 9.17) is 5.26 Å². The normalized spacial score (nSPS) is 11.9. The minimum atomic E-state index is -0.310. The van der Waals surface area contributed by atoms with Gasteiger partial charge in [0.05, 0.1) is 22.0 Å². The molecule has 0 aliphatic rings. The Labute approximate surface area is 149 Å². The van der Waals surface area contributed by atoms with Gasteiger partial charge in [-0.1, -0.05) is 43.0 Å². The number of carbonyl (C=O) groups is 1. The first-order valence-corrected chi connectivity index (χ1v) is 8.75. The van der Waals surface area contributed by atoms with Crippen molar-refractivity contribution in [1.82, 2.24) is 14.8 Å². The molecule has 0 spiro atoms. The van der Waals surface area contributed by atoms with Crippen LogP contribution in [0.2, 0.25) is 0 Å². The minimum absolute atomic E-state index is 0.164. The molecule has 2 aromatic heterocycles. The quantitative estimate of drug-likeness (QED) is 0.713. The van der Waals surface area contributed by atoms with Gasteiger partial charge in [-0.15, -0.1) is 0 Å². The third-order valence-electron chi connectivity index (χ3n) is 3.80. The lowest BCUT2D eigenvalue weighted by Gasteiger charge is -2.14. The molecule has 1 atom stereocenters. The lowest BCUT2D eigenvalue weighted by atomic mass is 10.2. The summed E-state index contributed by atoms with van der Waals surface area (Å²) < 4.78 is 1.49. The van der Waals surface area contributed by atoms with Crippen molar-refractivity contribution in [2.24, 2.45) is 7.05 Å². The summed E-state index contributed by atoms with van der Waals surface area (Å²) in [6.45, 7) is 1.95. The fraction of sp³-hybridized carbons (Fsp3) is 0.222. The number of pyridine rings is 1. The summed E-state index contributed by atoms with van der Waals surface area (Å²) >= 11 is 1.42. The van der Waals surface area contributed by atoms with Crippen LogP contribution in [0.1, 0.15) is 18.9 Å². The fourth-order valence-corrected chi connectivity index (χ4v) is 3.37. The number of hydrogen-bond donors (Lipinski definition) is 1. The molecule has 126 valence electrons. The largest absolute Gasteiger partial charge is 0.309 e. The molecule has 0 bridgehead atoms. The molecule has 0 unspecified atom stereocenters. The topological polar surface area (TPSA) is 83.6 Å². The second-order valence-electron chi connectivity index (χ2n) is 5.49. The van der Waals surface area contributed by atoms with Crippen molar-refractivity contribution < 1.29 is 4.79 Å². The van der Waals surface area contributed by atoms with Crippen LogP contribution >= 0.6 is 11.8 Å². The molecule has 1 amide bonds. The summed E-state index contributed by atoms with van der Waals surface area (Å²) in [6, 6.07) is 13.8. The standard InChI is InChI=1S/C18H17N5OS/c1-3-15(18(24)22-17-13(10-19)11-20-23(17)2)25-16-9-8-12-6-4-5-7-14(12)21-16/h4-9,11,15H,3H2,1-2H3,(H,22,24)/t15-/m1/s1. The lowest BCUT2D eigenvalue weighted by molar-refractivity contribution is -0.115. The average Bonchev–Trinajstić information content (AvgIpc) is 2.99. The van der Waals surface area contributed by atoms with Crippen LogP contribution in [0.5, 0.6) is 0 Å². The van der Waals surface area contributed by atoms with Gasteiger partial charge in [0, 0.05) is 12.4 Å². The van der Waals surface area contributed by atoms with E-state index in [1.807, 2.05) is 49.4 Å². The molecule has 25 heavy (non-hydrogen) atoms. The van der Waals surface area contributed by atoms with E-state index in [0.717, 1.165) is 15.9 Å². The highest BCUT2D eigenvalue weighted by molar-refractivity contribution is 8.00. The molecular weight excluding hydrogens is 334 g/mol. The predicted octanol–water partition coefficient (Wildman–Crippen LogP) is 3.35. The number of para-hydroxylation sites is 1. The number of nitriles is 1. The Morgan fingerprint density at radius 2 is 2.16 bits per heavy atom. The molecule has 0 fully saturated rings. The van der Waals surface area contributed by atoms with E-state index in [1.165, 1.54) is 22.6 Å². The van der Waals surface area contributed by atoms with Gasteiger partial charge in [-0.25, -0.2) is 4.98 Å². The number of rotatable bonds is 5. The Bertz CT molecular complexity index is 959. The van der Waals surface area contributed by atoms with Crippen LogP contribution in [0.15, 0.2) is 47.6 Å². The molecule has 1 N–H and O–H groups in total. The van der Waals surface area contributed by atoms with Crippen LogP contribution in [-0.2, 0) is 11.8 Å². The van der Waals surface area contributed by atoms with Crippen LogP contribution in [0.3, 0.4) is 0 Å². The van der Waals surface area contributed by atoms with Gasteiger partial charge < -0.3 is 5.32 Å². The molecule has 0 radical (unpaired) electrons. The molecule has 0 aliphatic heterocycles. The zero-order valence-electron chi connectivity index (χ0n) is 13.9. The Hall–Kier alpha value is -2.85. The van der Waals surface area contributed by atoms with Crippen molar-refractivity contribution in [3.8, 4) is 6.07 Å². The number of benzene rings is 1. The monoisotopic (exact) mass is 351 g/mol. The van der Waals surface area contributed by atoms with E-state index < -0.39 is 0 Å². The maximum Gasteiger partial charge on any atom is 0.239 e. The van der Waals surface area contributed by atoms with E-state index in [0.29, 0.717) is 17.8 Å². The first-order valence-electron chi connectivity index (χ1n) is 7.87. The third-order valence-corrected chi connectivity index (χ3v) is 5.10. The number of nitrogens with zero attached hydrogens (tertiary/aromatic N) is 4. The molecule has 7 heteroatoms. The maximum absolute atomic E-state index is 12.6. The number of aryl methyl sites for hydroxylation is 1. The van der Waals surface area contributed by atoms with Crippen LogP contribution in [-0.4, -0.2) is 25.9 Å². The number of amides is 1. The predicted molar refractivity (Wildman–Crippen MR) is 98.2 cm³/mol. The highest BCUT2D eigenvalue weighted by atomic mass is 32.2. The van der Waals surface area contributed by atoms with Gasteiger partial charge >= 0.3 is 0 Å². The minimum Gasteiger partial charge on any atom is -0.309 e. The van der Waals surface area contributed by atoms with Crippen LogP contribution in [0.25, 0.3) is 10.9 Å². The van der Waals surface area contributed by atoms with Crippen molar-refractivity contribution in [2.45, 2.75) is 23.6 Å². The second kappa shape index (κ2) is 7.36. The molecule has 0 saturated heterocycles. The summed E-state index contributed by atoms with van der Waals surface area (Å²) in [5.41, 5.74) is 1.25. The zero-order valence-corrected chi connectivity index (χ0v) is 14.7. The molecule has 3 rings (SSSR count). The first-order chi connectivity index (χ1) is 12.1. The molecule has 3 aromatic rings. The number of nitrogens with one attached hydrogen (secondary N) is 1. The van der Waals surface area contributed by atoms with E-state index in [9.17, 15) is 4.79 Å². The van der Waals surface area contributed by atoms with Gasteiger partial charge in [0.25, 0.3) is 0 Å². The summed E-state index contributed by atoms with van der Waals surface area (Å²) in [5.74, 6) is 0.251. The van der Waals surface area contributed by atoms with Crippen LogP contribution in [0, 0.1) is 11.3 Å². The molecule has 1 aromatic carbocycles. The zero-order chi connectivity index (χ0) is 17.8. The number of fused-ring (bicyclic) bond motifs is 1. The molecular formula is C18H17N5OS. The van der Waals surface area contributed by atoms with Crippen LogP contribution < -0.4 is 5.32 Å². The summed E-state index contributed by atoms with van der Waals surface area (Å²) in [4.78, 5) is 17.2. The number of hydrogen-bond acceptors (Lipinski definition) is 5. The number of aromatic nitrogens is 3. The summed E-state index contributed by atoms with van der Waals surface area (Å²) in [7, 11) is 1.69. The number of thioether (sulfide) groups is 1. The second-order valence-corrected chi connectivity index (χ2v) is 6.71. The first kappa shape index (κ1) is 17.0. The third kappa shape index (κ3) is 3.64. The summed E-state index contributed by atoms with van der Waals surface area (Å²) in [6.07, 6.45) is 2.08. The van der Waals surface area contributed by atoms with Crippen molar-refractivity contribution in [2.75, 3.05) is 5.32 Å². The molecule has 6 nitrogen and oxygen atoms in total. The average molecular weight is 351 g/mol. The highest BCUT2D eigenvalue weighted by Gasteiger charge is 2.21. The number of carbonyl (C=O) groups excluding carboxylic acids is 1. The van der Waals surface area contributed by atoms with Gasteiger partial charge in [0.15, 0.2) is 0 Å². The van der Waals surface area contributed by atoms with Gasteiger partial charge in [0.1, 0.15) is 17.5 Å². The van der Waals surface area contributed by atoms with Gasteiger partial charge in [-0.2, -0.15) is 10.4 Å². The van der Waals surface area contributed by atoms with Crippen molar-refractivity contribution >= 4 is 34.4 Å². The fourth-order valence-electron chi connectivity index (χ4n) is 2.45. The van der Waals surface area contributed by atoms with Gasteiger partial charge in [0.2, 0.25) is 5.91 Å². The SMILES string of the molecule is CC[C@@H](Sc1ccc2ccccc2n1)C(=O)Nc1c(C#N)cnn1C. The van der Waals surface area contributed by atoms with Crippen molar-refractivity contribution in [3.63, 3.8) is 0 Å². The number of anilines is 1. The van der Waals surface area contributed by atoms with E-state index in [1.54, 1.807) is 7.05 Å². The van der Waals surface area contributed by atoms with Crippen molar-refractivity contribution in [1.29, 1.82) is 5.26 Å². The lowest BCUT2D eigenvalue weighted by Crippen LogP contribution is -2.26. The highest BCUT2D eigenvalue weighted by Crippen LogP contribution is 2.27. The Balaban J connectivity index is 1.78. The maximum atomic E-state index is 12.6. The van der Waals surface area contributed by atoms with Crippen molar-refractivity contribution in [3.05, 3.63) is 48.2 Å². The van der Waals surface area contributed by atoms with Gasteiger partial charge in [-0.05, 0) is 18.6 Å². The molecule has 2 heterocycles. The Kier molecular flexibility index (Phi) is 5.00. The summed E-state index contributed by atoms with van der Waals surface area (Å²) in [5, 5.41) is 17.5. The Morgan fingerprint density at radius 1 is 1.36 bits per heavy atom.